The quantitative estimate of drug-likeness (QED) is 0.733. The van der Waals surface area contributed by atoms with Gasteiger partial charge >= 0.3 is 12.1 Å². The molecule has 0 aromatic rings. The highest BCUT2D eigenvalue weighted by molar-refractivity contribution is 5.84. The van der Waals surface area contributed by atoms with E-state index in [9.17, 15) is 14.4 Å². The van der Waals surface area contributed by atoms with Crippen LogP contribution in [0.4, 0.5) is 4.79 Å². The highest BCUT2D eigenvalue weighted by Crippen LogP contribution is 2.29. The second-order valence-corrected chi connectivity index (χ2v) is 6.93. The molecule has 2 rings (SSSR count). The highest BCUT2D eigenvalue weighted by atomic mass is 16.6. The number of nitrogens with zero attached hydrogens (tertiary/aromatic N) is 1. The van der Waals surface area contributed by atoms with Crippen molar-refractivity contribution >= 4 is 18.0 Å². The van der Waals surface area contributed by atoms with Crippen molar-refractivity contribution in [3.8, 4) is 0 Å². The van der Waals surface area contributed by atoms with Gasteiger partial charge < -0.3 is 14.8 Å². The SMILES string of the molecule is COC(=O)[C@@H]1CC[C@H]1NC(=O)[C@@H]1CCN1NC(=O)OC(C)(C)C. The number of rotatable bonds is 4. The Morgan fingerprint density at radius 3 is 2.26 bits per heavy atom. The van der Waals surface area contributed by atoms with Crippen LogP contribution in [-0.4, -0.2) is 54.3 Å². The van der Waals surface area contributed by atoms with Gasteiger partial charge in [0, 0.05) is 12.6 Å². The molecule has 23 heavy (non-hydrogen) atoms. The average Bonchev–Trinajstić information content (AvgIpc) is 2.37. The lowest BCUT2D eigenvalue weighted by molar-refractivity contribution is -0.151. The molecule has 1 aliphatic carbocycles. The Labute approximate surface area is 135 Å². The zero-order valence-electron chi connectivity index (χ0n) is 14.0. The topological polar surface area (TPSA) is 97.0 Å². The lowest BCUT2D eigenvalue weighted by Gasteiger charge is -2.42. The van der Waals surface area contributed by atoms with Crippen LogP contribution in [0.25, 0.3) is 0 Å². The van der Waals surface area contributed by atoms with E-state index in [2.05, 4.69) is 10.7 Å². The molecule has 130 valence electrons. The highest BCUT2D eigenvalue weighted by Gasteiger charge is 2.42. The molecule has 2 amide bonds. The minimum absolute atomic E-state index is 0.182. The lowest BCUT2D eigenvalue weighted by Crippen LogP contribution is -2.65. The molecule has 8 heteroatoms. The van der Waals surface area contributed by atoms with Crippen molar-refractivity contribution < 1.29 is 23.9 Å². The van der Waals surface area contributed by atoms with Crippen LogP contribution in [0.5, 0.6) is 0 Å². The van der Waals surface area contributed by atoms with Gasteiger partial charge in [0.05, 0.1) is 13.0 Å². The third-order valence-corrected chi connectivity index (χ3v) is 4.06. The number of hydrogen-bond donors (Lipinski definition) is 2. The summed E-state index contributed by atoms with van der Waals surface area (Å²) in [6.07, 6.45) is 1.56. The predicted octanol–water partition coefficient (Wildman–Crippen LogP) is 0.568. The third-order valence-electron chi connectivity index (χ3n) is 4.06. The molecular weight excluding hydrogens is 302 g/mol. The van der Waals surface area contributed by atoms with Crippen molar-refractivity contribution in [1.29, 1.82) is 0 Å². The maximum atomic E-state index is 12.3. The number of methoxy groups -OCH3 is 1. The number of hydrogen-bond acceptors (Lipinski definition) is 6. The minimum Gasteiger partial charge on any atom is -0.469 e. The van der Waals surface area contributed by atoms with E-state index in [0.29, 0.717) is 13.0 Å². The maximum absolute atomic E-state index is 12.3. The van der Waals surface area contributed by atoms with Gasteiger partial charge in [-0.3, -0.25) is 15.0 Å². The van der Waals surface area contributed by atoms with E-state index in [1.54, 1.807) is 25.8 Å². The Morgan fingerprint density at radius 2 is 1.83 bits per heavy atom. The third kappa shape index (κ3) is 4.34. The second-order valence-electron chi connectivity index (χ2n) is 6.93. The van der Waals surface area contributed by atoms with Crippen LogP contribution in [0, 0.1) is 5.92 Å². The smallest absolute Gasteiger partial charge is 0.422 e. The summed E-state index contributed by atoms with van der Waals surface area (Å²) >= 11 is 0. The van der Waals surface area contributed by atoms with E-state index in [0.717, 1.165) is 12.8 Å². The van der Waals surface area contributed by atoms with Crippen LogP contribution in [0.15, 0.2) is 0 Å². The van der Waals surface area contributed by atoms with Crippen LogP contribution >= 0.6 is 0 Å². The van der Waals surface area contributed by atoms with Crippen LogP contribution in [-0.2, 0) is 19.1 Å². The van der Waals surface area contributed by atoms with E-state index in [4.69, 9.17) is 9.47 Å². The van der Waals surface area contributed by atoms with Crippen LogP contribution < -0.4 is 10.7 Å². The number of carbonyl (C=O) groups is 3. The standard InChI is InChI=1S/C15H25N3O5/c1-15(2,3)23-14(21)17-18-8-7-11(18)12(19)16-10-6-5-9(10)13(20)22-4/h9-11H,5-8H2,1-4H3,(H,16,19)(H,17,21)/t9-,10-,11+/m1/s1. The summed E-state index contributed by atoms with van der Waals surface area (Å²) in [6, 6.07) is -0.611. The molecule has 1 heterocycles. The summed E-state index contributed by atoms with van der Waals surface area (Å²) in [5.41, 5.74) is 1.99. The van der Waals surface area contributed by atoms with Gasteiger partial charge in [-0.15, -0.1) is 0 Å². The van der Waals surface area contributed by atoms with Crippen LogP contribution in [0.3, 0.4) is 0 Å². The molecule has 0 radical (unpaired) electrons. The zero-order valence-corrected chi connectivity index (χ0v) is 14.0. The Hall–Kier alpha value is -1.83. The average molecular weight is 327 g/mol. The summed E-state index contributed by atoms with van der Waals surface area (Å²) in [5, 5.41) is 4.41. The summed E-state index contributed by atoms with van der Waals surface area (Å²) in [6.45, 7) is 5.91. The second kappa shape index (κ2) is 6.74. The van der Waals surface area contributed by atoms with Crippen molar-refractivity contribution in [2.75, 3.05) is 13.7 Å². The van der Waals surface area contributed by atoms with Crippen molar-refractivity contribution in [3.05, 3.63) is 0 Å². The molecule has 0 aromatic carbocycles. The van der Waals surface area contributed by atoms with Gasteiger partial charge in [0.2, 0.25) is 5.91 Å². The van der Waals surface area contributed by atoms with Crippen molar-refractivity contribution in [2.45, 2.75) is 57.7 Å². The van der Waals surface area contributed by atoms with Gasteiger partial charge in [0.1, 0.15) is 11.6 Å². The first-order chi connectivity index (χ1) is 10.7. The van der Waals surface area contributed by atoms with E-state index in [1.807, 2.05) is 0 Å². The summed E-state index contributed by atoms with van der Waals surface area (Å²) < 4.78 is 9.88. The van der Waals surface area contributed by atoms with E-state index in [1.165, 1.54) is 7.11 Å². The molecule has 0 aromatic heterocycles. The van der Waals surface area contributed by atoms with Gasteiger partial charge in [0.25, 0.3) is 0 Å². The molecule has 1 saturated carbocycles. The normalized spacial score (nSPS) is 27.2. The molecule has 2 aliphatic rings. The summed E-state index contributed by atoms with van der Waals surface area (Å²) in [5.74, 6) is -0.749. The molecule has 3 atom stereocenters. The number of hydrazine groups is 1. The Morgan fingerprint density at radius 1 is 1.13 bits per heavy atom. The number of amides is 2. The molecule has 2 fully saturated rings. The lowest BCUT2D eigenvalue weighted by atomic mass is 9.79. The molecule has 1 aliphatic heterocycles. The fourth-order valence-electron chi connectivity index (χ4n) is 2.60. The van der Waals surface area contributed by atoms with E-state index < -0.39 is 17.7 Å². The van der Waals surface area contributed by atoms with Gasteiger partial charge in [-0.1, -0.05) is 0 Å². The zero-order chi connectivity index (χ0) is 17.2. The monoisotopic (exact) mass is 327 g/mol. The van der Waals surface area contributed by atoms with Crippen molar-refractivity contribution in [2.24, 2.45) is 5.92 Å². The first kappa shape index (κ1) is 17.5. The Kier molecular flexibility index (Phi) is 5.13. The molecule has 0 spiro atoms. The molecule has 0 bridgehead atoms. The Bertz CT molecular complexity index is 488. The fourth-order valence-corrected chi connectivity index (χ4v) is 2.60. The summed E-state index contributed by atoms with van der Waals surface area (Å²) in [4.78, 5) is 35.5. The molecule has 2 N–H and O–H groups in total. The van der Waals surface area contributed by atoms with Gasteiger partial charge in [-0.2, -0.15) is 0 Å². The van der Waals surface area contributed by atoms with Gasteiger partial charge in [-0.05, 0) is 40.0 Å². The molecule has 0 unspecified atom stereocenters. The molecule has 8 nitrogen and oxygen atoms in total. The summed E-state index contributed by atoms with van der Waals surface area (Å²) in [7, 11) is 1.35. The maximum Gasteiger partial charge on any atom is 0.422 e. The van der Waals surface area contributed by atoms with E-state index in [-0.39, 0.29) is 23.8 Å². The van der Waals surface area contributed by atoms with Crippen molar-refractivity contribution in [3.63, 3.8) is 0 Å². The van der Waals surface area contributed by atoms with Gasteiger partial charge in [-0.25, -0.2) is 9.80 Å². The minimum atomic E-state index is -0.591. The fraction of sp³-hybridized carbons (Fsp3) is 0.800. The number of ether oxygens (including phenoxy) is 2. The molecular formula is C15H25N3O5. The van der Waals surface area contributed by atoms with Crippen LogP contribution in [0.1, 0.15) is 40.0 Å². The van der Waals surface area contributed by atoms with Gasteiger partial charge in [0.15, 0.2) is 0 Å². The number of esters is 1. The van der Waals surface area contributed by atoms with Crippen LogP contribution in [0.2, 0.25) is 0 Å². The molecule has 1 saturated heterocycles. The largest absolute Gasteiger partial charge is 0.469 e. The Balaban J connectivity index is 1.79. The number of carbonyl (C=O) groups excluding carboxylic acids is 3. The van der Waals surface area contributed by atoms with Crippen molar-refractivity contribution in [1.82, 2.24) is 15.8 Å². The number of nitrogens with one attached hydrogen (secondary N) is 2. The first-order valence-corrected chi connectivity index (χ1v) is 7.86. The van der Waals surface area contributed by atoms with E-state index >= 15 is 0 Å². The predicted molar refractivity (Wildman–Crippen MR) is 81.2 cm³/mol. The first-order valence-electron chi connectivity index (χ1n) is 7.86.